The molecule has 0 spiro atoms. The zero-order valence-corrected chi connectivity index (χ0v) is 11.4. The summed E-state index contributed by atoms with van der Waals surface area (Å²) >= 11 is 7.37. The summed E-state index contributed by atoms with van der Waals surface area (Å²) in [4.78, 5) is 27.0. The molecule has 8 heteroatoms. The minimum absolute atomic E-state index is 0.291. The maximum Gasteiger partial charge on any atom is 0.331 e. The Morgan fingerprint density at radius 1 is 1.63 bits per heavy atom. The highest BCUT2D eigenvalue weighted by atomic mass is 35.5. The number of nitrogens with zero attached hydrogens (tertiary/aromatic N) is 2. The standard InChI is InChI=1S/C11H10ClN3O3S/c1-6(10(13)17)18-8(16)3-2-7-9(12)14-11-15(7)4-5-19-11/h2-6H,1H3,(H2,13,17)/b3-2+. The van der Waals surface area contributed by atoms with Crippen LogP contribution in [0.1, 0.15) is 12.6 Å². The van der Waals surface area contributed by atoms with Gasteiger partial charge in [0.15, 0.2) is 16.2 Å². The lowest BCUT2D eigenvalue weighted by molar-refractivity contribution is -0.148. The van der Waals surface area contributed by atoms with Crippen LogP contribution in [0, 0.1) is 0 Å². The van der Waals surface area contributed by atoms with Crippen LogP contribution in [0.3, 0.4) is 0 Å². The van der Waals surface area contributed by atoms with Gasteiger partial charge in [0.05, 0.1) is 5.69 Å². The molecular weight excluding hydrogens is 290 g/mol. The van der Waals surface area contributed by atoms with Gasteiger partial charge in [-0.2, -0.15) is 0 Å². The first kappa shape index (κ1) is 13.6. The van der Waals surface area contributed by atoms with Crippen molar-refractivity contribution in [1.82, 2.24) is 9.38 Å². The maximum atomic E-state index is 11.5. The molecule has 2 N–H and O–H groups in total. The molecule has 0 saturated heterocycles. The molecule has 0 aliphatic heterocycles. The highest BCUT2D eigenvalue weighted by molar-refractivity contribution is 7.15. The molecule has 2 heterocycles. The summed E-state index contributed by atoms with van der Waals surface area (Å²) in [6.45, 7) is 1.40. The summed E-state index contributed by atoms with van der Waals surface area (Å²) < 4.78 is 6.52. The summed E-state index contributed by atoms with van der Waals surface area (Å²) in [7, 11) is 0. The number of aromatic nitrogens is 2. The molecule has 1 unspecified atom stereocenters. The van der Waals surface area contributed by atoms with Crippen LogP contribution >= 0.6 is 22.9 Å². The van der Waals surface area contributed by atoms with E-state index in [2.05, 4.69) is 4.98 Å². The largest absolute Gasteiger partial charge is 0.449 e. The first-order valence-corrected chi connectivity index (χ1v) is 6.54. The molecule has 2 aromatic heterocycles. The summed E-state index contributed by atoms with van der Waals surface area (Å²) in [6.07, 6.45) is 3.47. The number of fused-ring (bicyclic) bond motifs is 1. The van der Waals surface area contributed by atoms with Gasteiger partial charge in [0, 0.05) is 17.7 Å². The van der Waals surface area contributed by atoms with Crippen molar-refractivity contribution in [2.75, 3.05) is 0 Å². The second-order valence-electron chi connectivity index (χ2n) is 3.66. The third-order valence-electron chi connectivity index (χ3n) is 2.33. The van der Waals surface area contributed by atoms with Crippen LogP contribution in [-0.4, -0.2) is 27.4 Å². The van der Waals surface area contributed by atoms with E-state index in [1.807, 2.05) is 5.38 Å². The van der Waals surface area contributed by atoms with E-state index < -0.39 is 18.0 Å². The Labute approximate surface area is 117 Å². The third-order valence-corrected chi connectivity index (χ3v) is 3.36. The second-order valence-corrected chi connectivity index (χ2v) is 4.89. The number of carbonyl (C=O) groups is 2. The maximum absolute atomic E-state index is 11.5. The normalized spacial score (nSPS) is 12.9. The van der Waals surface area contributed by atoms with Gasteiger partial charge < -0.3 is 10.5 Å². The average molecular weight is 300 g/mol. The molecule has 0 aliphatic rings. The van der Waals surface area contributed by atoms with E-state index in [0.29, 0.717) is 10.8 Å². The van der Waals surface area contributed by atoms with Crippen LogP contribution in [0.15, 0.2) is 17.7 Å². The number of esters is 1. The molecule has 2 aromatic rings. The Bertz CT molecular complexity index is 661. The molecule has 100 valence electrons. The van der Waals surface area contributed by atoms with E-state index in [1.54, 1.807) is 10.6 Å². The van der Waals surface area contributed by atoms with Crippen molar-refractivity contribution in [3.8, 4) is 0 Å². The molecule has 0 fully saturated rings. The van der Waals surface area contributed by atoms with Gasteiger partial charge in [0.1, 0.15) is 0 Å². The highest BCUT2D eigenvalue weighted by Gasteiger charge is 2.13. The predicted molar refractivity (Wildman–Crippen MR) is 71.9 cm³/mol. The fourth-order valence-corrected chi connectivity index (χ4v) is 2.35. The first-order chi connectivity index (χ1) is 8.99. The highest BCUT2D eigenvalue weighted by Crippen LogP contribution is 2.22. The Hall–Kier alpha value is -1.86. The lowest BCUT2D eigenvalue weighted by atomic mass is 10.3. The van der Waals surface area contributed by atoms with Crippen LogP contribution in [0.5, 0.6) is 0 Å². The monoisotopic (exact) mass is 299 g/mol. The number of primary amides is 1. The van der Waals surface area contributed by atoms with Gasteiger partial charge in [-0.3, -0.25) is 9.20 Å². The van der Waals surface area contributed by atoms with Crippen LogP contribution in [0.2, 0.25) is 5.15 Å². The van der Waals surface area contributed by atoms with Crippen molar-refractivity contribution >= 4 is 45.9 Å². The minimum Gasteiger partial charge on any atom is -0.449 e. The van der Waals surface area contributed by atoms with Crippen LogP contribution < -0.4 is 5.73 Å². The molecule has 19 heavy (non-hydrogen) atoms. The van der Waals surface area contributed by atoms with Gasteiger partial charge in [-0.15, -0.1) is 11.3 Å². The number of carbonyl (C=O) groups excluding carboxylic acids is 2. The number of hydrogen-bond acceptors (Lipinski definition) is 5. The van der Waals surface area contributed by atoms with E-state index in [9.17, 15) is 9.59 Å². The topological polar surface area (TPSA) is 86.7 Å². The lowest BCUT2D eigenvalue weighted by Crippen LogP contribution is -2.29. The van der Waals surface area contributed by atoms with Crippen molar-refractivity contribution in [3.63, 3.8) is 0 Å². The predicted octanol–water partition coefficient (Wildman–Crippen LogP) is 1.48. The van der Waals surface area contributed by atoms with Crippen molar-refractivity contribution < 1.29 is 14.3 Å². The van der Waals surface area contributed by atoms with Gasteiger partial charge in [-0.05, 0) is 13.0 Å². The van der Waals surface area contributed by atoms with Crippen molar-refractivity contribution in [2.45, 2.75) is 13.0 Å². The summed E-state index contributed by atoms with van der Waals surface area (Å²) in [6, 6.07) is 0. The molecule has 0 aliphatic carbocycles. The van der Waals surface area contributed by atoms with Crippen molar-refractivity contribution in [1.29, 1.82) is 0 Å². The fraction of sp³-hybridized carbons (Fsp3) is 0.182. The van der Waals surface area contributed by atoms with Gasteiger partial charge >= 0.3 is 5.97 Å². The number of hydrogen-bond donors (Lipinski definition) is 1. The van der Waals surface area contributed by atoms with Crippen molar-refractivity contribution in [2.24, 2.45) is 5.73 Å². The number of ether oxygens (including phenoxy) is 1. The van der Waals surface area contributed by atoms with Crippen LogP contribution in [0.25, 0.3) is 11.0 Å². The smallest absolute Gasteiger partial charge is 0.331 e. The van der Waals surface area contributed by atoms with Crippen LogP contribution in [-0.2, 0) is 14.3 Å². The van der Waals surface area contributed by atoms with Gasteiger partial charge in [-0.25, -0.2) is 9.78 Å². The zero-order chi connectivity index (χ0) is 14.0. The van der Waals surface area contributed by atoms with Gasteiger partial charge in [0.25, 0.3) is 5.91 Å². The Morgan fingerprint density at radius 3 is 3.05 bits per heavy atom. The van der Waals surface area contributed by atoms with E-state index in [-0.39, 0.29) is 0 Å². The van der Waals surface area contributed by atoms with E-state index in [1.165, 1.54) is 30.4 Å². The second kappa shape index (κ2) is 5.41. The number of amides is 1. The number of halogens is 1. The molecule has 6 nitrogen and oxygen atoms in total. The fourth-order valence-electron chi connectivity index (χ4n) is 1.34. The lowest BCUT2D eigenvalue weighted by Gasteiger charge is -2.06. The molecule has 2 rings (SSSR count). The third kappa shape index (κ3) is 2.94. The van der Waals surface area contributed by atoms with Crippen molar-refractivity contribution in [3.05, 3.63) is 28.5 Å². The first-order valence-electron chi connectivity index (χ1n) is 5.28. The Morgan fingerprint density at radius 2 is 2.37 bits per heavy atom. The molecule has 0 saturated carbocycles. The number of imidazole rings is 1. The minimum atomic E-state index is -0.973. The molecule has 0 radical (unpaired) electrons. The molecule has 1 amide bonds. The molecular formula is C11H10ClN3O3S. The molecule has 0 bridgehead atoms. The van der Waals surface area contributed by atoms with E-state index in [0.717, 1.165) is 4.96 Å². The SMILES string of the molecule is CC(OC(=O)/C=C/c1c(Cl)nc2sccn12)C(N)=O. The summed E-state index contributed by atoms with van der Waals surface area (Å²) in [5.74, 6) is -1.38. The summed E-state index contributed by atoms with van der Waals surface area (Å²) in [5, 5.41) is 2.14. The molecule has 0 aromatic carbocycles. The van der Waals surface area contributed by atoms with E-state index in [4.69, 9.17) is 22.1 Å². The van der Waals surface area contributed by atoms with Gasteiger partial charge in [-0.1, -0.05) is 11.6 Å². The number of nitrogens with two attached hydrogens (primary N) is 1. The van der Waals surface area contributed by atoms with Crippen LogP contribution in [0.4, 0.5) is 0 Å². The van der Waals surface area contributed by atoms with Gasteiger partial charge in [0.2, 0.25) is 0 Å². The Balaban J connectivity index is 2.14. The average Bonchev–Trinajstić information content (AvgIpc) is 2.87. The zero-order valence-electron chi connectivity index (χ0n) is 9.87. The Kier molecular flexibility index (Phi) is 3.87. The molecule has 1 atom stereocenters. The quantitative estimate of drug-likeness (QED) is 0.684. The number of thiazole rings is 1. The van der Waals surface area contributed by atoms with E-state index >= 15 is 0 Å². The number of rotatable bonds is 4. The summed E-state index contributed by atoms with van der Waals surface area (Å²) in [5.41, 5.74) is 5.56.